The van der Waals surface area contributed by atoms with Gasteiger partial charge in [0.05, 0.1) is 11.3 Å². The lowest BCUT2D eigenvalue weighted by atomic mass is 10.1. The second-order valence-electron chi connectivity index (χ2n) is 7.45. The molecule has 4 rings (SSSR count). The summed E-state index contributed by atoms with van der Waals surface area (Å²) in [5, 5.41) is 7.89. The summed E-state index contributed by atoms with van der Waals surface area (Å²) in [6, 6.07) is 17.5. The van der Waals surface area contributed by atoms with E-state index >= 15 is 0 Å². The molecule has 3 aromatic rings. The van der Waals surface area contributed by atoms with E-state index < -0.39 is 24.5 Å². The van der Waals surface area contributed by atoms with Crippen LogP contribution >= 0.6 is 0 Å². The van der Waals surface area contributed by atoms with Crippen LogP contribution in [0.3, 0.4) is 0 Å². The van der Waals surface area contributed by atoms with Crippen LogP contribution in [0.25, 0.3) is 0 Å². The normalized spacial score (nSPS) is 11.3. The summed E-state index contributed by atoms with van der Waals surface area (Å²) in [4.78, 5) is 48.6. The number of carbonyl (C=O) groups excluding carboxylic acids is 4. The average molecular weight is 475 g/mol. The van der Waals surface area contributed by atoms with Crippen LogP contribution in [0.2, 0.25) is 0 Å². The van der Waals surface area contributed by atoms with Crippen molar-refractivity contribution in [2.24, 2.45) is 0 Å². The number of amides is 3. The van der Waals surface area contributed by atoms with Gasteiger partial charge in [-0.05, 0) is 49.4 Å². The van der Waals surface area contributed by atoms with Crippen LogP contribution < -0.4 is 25.4 Å². The van der Waals surface area contributed by atoms with Crippen molar-refractivity contribution in [3.63, 3.8) is 0 Å². The number of esters is 1. The summed E-state index contributed by atoms with van der Waals surface area (Å²) in [5.74, 6) is -0.821. The van der Waals surface area contributed by atoms with Crippen molar-refractivity contribution in [3.05, 3.63) is 77.9 Å². The summed E-state index contributed by atoms with van der Waals surface area (Å²) in [6.07, 6.45) is 0. The highest BCUT2D eigenvalue weighted by Gasteiger charge is 2.21. The molecule has 10 heteroatoms. The zero-order valence-corrected chi connectivity index (χ0v) is 18.6. The van der Waals surface area contributed by atoms with E-state index in [9.17, 15) is 19.2 Å². The van der Waals surface area contributed by atoms with Crippen molar-refractivity contribution in [1.29, 1.82) is 0 Å². The van der Waals surface area contributed by atoms with Crippen molar-refractivity contribution in [1.82, 2.24) is 0 Å². The maximum atomic E-state index is 12.3. The maximum Gasteiger partial charge on any atom is 0.338 e. The fourth-order valence-corrected chi connectivity index (χ4v) is 3.24. The van der Waals surface area contributed by atoms with E-state index in [4.69, 9.17) is 14.2 Å². The minimum absolute atomic E-state index is 0.0215. The molecule has 0 unspecified atom stereocenters. The SMILES string of the molecule is CC(=O)c1cc2c(cc1NC(=O)COC(=O)c1ccc(NC(=O)Nc3ccccc3)cc1)OCO2. The first-order valence-corrected chi connectivity index (χ1v) is 10.5. The molecule has 3 amide bonds. The van der Waals surface area contributed by atoms with E-state index in [0.29, 0.717) is 22.9 Å². The summed E-state index contributed by atoms with van der Waals surface area (Å²) < 4.78 is 15.6. The lowest BCUT2D eigenvalue weighted by molar-refractivity contribution is -0.119. The van der Waals surface area contributed by atoms with E-state index in [0.717, 1.165) is 0 Å². The summed E-state index contributed by atoms with van der Waals surface area (Å²) in [5.41, 5.74) is 1.77. The molecule has 3 aromatic carbocycles. The van der Waals surface area contributed by atoms with Gasteiger partial charge in [0.25, 0.3) is 5.91 Å². The van der Waals surface area contributed by atoms with Crippen molar-refractivity contribution in [2.45, 2.75) is 6.92 Å². The molecule has 0 saturated heterocycles. The predicted octanol–water partition coefficient (Wildman–Crippen LogP) is 4.06. The molecule has 0 radical (unpaired) electrons. The van der Waals surface area contributed by atoms with Gasteiger partial charge in [-0.25, -0.2) is 9.59 Å². The Hall–Kier alpha value is -4.86. The van der Waals surface area contributed by atoms with E-state index in [1.807, 2.05) is 6.07 Å². The Morgan fingerprint density at radius 2 is 1.46 bits per heavy atom. The summed E-state index contributed by atoms with van der Waals surface area (Å²) in [6.45, 7) is 0.814. The van der Waals surface area contributed by atoms with Crippen LogP contribution in [-0.2, 0) is 9.53 Å². The number of para-hydroxylation sites is 1. The van der Waals surface area contributed by atoms with Crippen molar-refractivity contribution < 1.29 is 33.4 Å². The van der Waals surface area contributed by atoms with Crippen LogP contribution in [0.1, 0.15) is 27.6 Å². The Morgan fingerprint density at radius 1 is 0.829 bits per heavy atom. The molecule has 178 valence electrons. The molecule has 0 spiro atoms. The lowest BCUT2D eigenvalue weighted by Crippen LogP contribution is -2.22. The monoisotopic (exact) mass is 475 g/mol. The van der Waals surface area contributed by atoms with Crippen LogP contribution in [0.5, 0.6) is 11.5 Å². The lowest BCUT2D eigenvalue weighted by Gasteiger charge is -2.11. The molecule has 0 aliphatic carbocycles. The third-order valence-corrected chi connectivity index (χ3v) is 4.91. The molecule has 0 fully saturated rings. The highest BCUT2D eigenvalue weighted by Crippen LogP contribution is 2.37. The van der Waals surface area contributed by atoms with Crippen LogP contribution in [0, 0.1) is 0 Å². The number of anilines is 3. The smallest absolute Gasteiger partial charge is 0.338 e. The highest BCUT2D eigenvalue weighted by atomic mass is 16.7. The van der Waals surface area contributed by atoms with Gasteiger partial charge in [0.2, 0.25) is 6.79 Å². The molecular formula is C25H21N3O7. The first-order chi connectivity index (χ1) is 16.9. The number of hydrogen-bond acceptors (Lipinski definition) is 7. The second kappa shape index (κ2) is 10.4. The largest absolute Gasteiger partial charge is 0.454 e. The minimum atomic E-state index is -0.724. The van der Waals surface area contributed by atoms with Gasteiger partial charge in [0, 0.05) is 23.0 Å². The molecule has 10 nitrogen and oxygen atoms in total. The molecule has 3 N–H and O–H groups in total. The quantitative estimate of drug-likeness (QED) is 0.347. The number of nitrogens with one attached hydrogen (secondary N) is 3. The molecule has 35 heavy (non-hydrogen) atoms. The molecule has 1 aliphatic rings. The number of carbonyl (C=O) groups is 4. The Bertz CT molecular complexity index is 1270. The molecule has 0 bridgehead atoms. The predicted molar refractivity (Wildman–Crippen MR) is 127 cm³/mol. The highest BCUT2D eigenvalue weighted by molar-refractivity contribution is 6.05. The standard InChI is InChI=1S/C25H21N3O7/c1-15(29)19-11-21-22(35-14-34-21)12-20(19)28-23(30)13-33-24(31)16-7-9-18(10-8-16)27-25(32)26-17-5-3-2-4-6-17/h2-12H,13-14H2,1H3,(H,28,30)(H2,26,27,32). The molecule has 1 heterocycles. The number of urea groups is 1. The van der Waals surface area contributed by atoms with Gasteiger partial charge < -0.3 is 30.2 Å². The number of fused-ring (bicyclic) bond motifs is 1. The molecule has 0 saturated carbocycles. The van der Waals surface area contributed by atoms with Gasteiger partial charge in [-0.1, -0.05) is 18.2 Å². The Balaban J connectivity index is 1.30. The average Bonchev–Trinajstić information content (AvgIpc) is 3.30. The number of Topliss-reactive ketones (excluding diaryl/α,β-unsaturated/α-hetero) is 1. The third kappa shape index (κ3) is 5.93. The maximum absolute atomic E-state index is 12.3. The van der Waals surface area contributed by atoms with Gasteiger partial charge in [0.1, 0.15) is 0 Å². The van der Waals surface area contributed by atoms with E-state index in [2.05, 4.69) is 16.0 Å². The van der Waals surface area contributed by atoms with Gasteiger partial charge in [-0.2, -0.15) is 0 Å². The topological polar surface area (TPSA) is 132 Å². The van der Waals surface area contributed by atoms with Crippen LogP contribution in [-0.4, -0.2) is 37.1 Å². The van der Waals surface area contributed by atoms with E-state index in [1.54, 1.807) is 24.3 Å². The first-order valence-electron chi connectivity index (χ1n) is 10.5. The van der Waals surface area contributed by atoms with Gasteiger partial charge in [0.15, 0.2) is 23.9 Å². The Labute approximate surface area is 200 Å². The fraction of sp³-hybridized carbons (Fsp3) is 0.120. The van der Waals surface area contributed by atoms with Crippen molar-refractivity contribution in [3.8, 4) is 11.5 Å². The molecule has 0 atom stereocenters. The van der Waals surface area contributed by atoms with Crippen LogP contribution in [0.15, 0.2) is 66.7 Å². The van der Waals surface area contributed by atoms with Gasteiger partial charge in [-0.3, -0.25) is 9.59 Å². The molecular weight excluding hydrogens is 454 g/mol. The molecule has 1 aliphatic heterocycles. The number of ether oxygens (including phenoxy) is 3. The van der Waals surface area contributed by atoms with E-state index in [1.165, 1.54) is 43.3 Å². The zero-order valence-electron chi connectivity index (χ0n) is 18.6. The van der Waals surface area contributed by atoms with Gasteiger partial charge in [-0.15, -0.1) is 0 Å². The second-order valence-corrected chi connectivity index (χ2v) is 7.45. The zero-order chi connectivity index (χ0) is 24.8. The van der Waals surface area contributed by atoms with Crippen molar-refractivity contribution >= 4 is 40.8 Å². The van der Waals surface area contributed by atoms with Crippen molar-refractivity contribution in [2.75, 3.05) is 29.4 Å². The Kier molecular flexibility index (Phi) is 6.91. The Morgan fingerprint density at radius 3 is 2.11 bits per heavy atom. The summed E-state index contributed by atoms with van der Waals surface area (Å²) >= 11 is 0. The van der Waals surface area contributed by atoms with Gasteiger partial charge >= 0.3 is 12.0 Å². The summed E-state index contributed by atoms with van der Waals surface area (Å²) in [7, 11) is 0. The number of ketones is 1. The number of rotatable bonds is 7. The van der Waals surface area contributed by atoms with E-state index in [-0.39, 0.29) is 29.4 Å². The fourth-order valence-electron chi connectivity index (χ4n) is 3.24. The number of benzene rings is 3. The minimum Gasteiger partial charge on any atom is -0.454 e. The van der Waals surface area contributed by atoms with Crippen LogP contribution in [0.4, 0.5) is 21.9 Å². The molecule has 0 aromatic heterocycles. The number of hydrogen-bond donors (Lipinski definition) is 3. The first kappa shape index (κ1) is 23.3. The third-order valence-electron chi connectivity index (χ3n) is 4.91.